The van der Waals surface area contributed by atoms with Gasteiger partial charge < -0.3 is 5.32 Å². The smallest absolute Gasteiger partial charge is 0.370 e. The highest BCUT2D eigenvalue weighted by Crippen LogP contribution is 2.24. The fraction of sp³-hybridized carbons (Fsp3) is 0.667. The number of nitrogens with one attached hydrogen (secondary N) is 1. The van der Waals surface area contributed by atoms with Crippen molar-refractivity contribution < 1.29 is 13.2 Å². The number of hydrogen-bond donors (Lipinski definition) is 1. The van der Waals surface area contributed by atoms with Crippen molar-refractivity contribution in [1.82, 2.24) is 9.88 Å². The zero-order valence-electron chi connectivity index (χ0n) is 12.6. The Morgan fingerprint density at radius 1 is 1.36 bits per heavy atom. The van der Waals surface area contributed by atoms with Crippen LogP contribution in [0.1, 0.15) is 24.8 Å². The zero-order chi connectivity index (χ0) is 16.2. The molecule has 0 saturated carbocycles. The molecule has 1 N–H and O–H groups in total. The molecule has 2 heterocycles. The first kappa shape index (κ1) is 17.5. The number of piperidine rings is 1. The summed E-state index contributed by atoms with van der Waals surface area (Å²) < 4.78 is 38.0. The van der Waals surface area contributed by atoms with Crippen LogP contribution in [0.15, 0.2) is 16.7 Å². The third-order valence-electron chi connectivity index (χ3n) is 4.02. The molecule has 1 aromatic heterocycles. The number of alkyl halides is 3. The summed E-state index contributed by atoms with van der Waals surface area (Å²) in [6, 6.07) is 1.98. The maximum atomic E-state index is 12.3. The van der Waals surface area contributed by atoms with E-state index in [1.165, 1.54) is 4.90 Å². The molecule has 0 atom stereocenters. The van der Waals surface area contributed by atoms with E-state index in [2.05, 4.69) is 26.2 Å². The minimum Gasteiger partial charge on any atom is -0.370 e. The first-order valence-corrected chi connectivity index (χ1v) is 8.28. The second-order valence-electron chi connectivity index (χ2n) is 5.87. The second kappa shape index (κ2) is 7.64. The quantitative estimate of drug-likeness (QED) is 0.829. The standard InChI is InChI=1S/C15H21BrF3N3/c1-11-8-14(21-9-13(11)16)20-5-2-12-3-6-22(7-4-12)10-15(17,18)19/h8-9,12H,2-7,10H2,1H3,(H,20,21). The lowest BCUT2D eigenvalue weighted by atomic mass is 9.93. The molecule has 1 aliphatic rings. The van der Waals surface area contributed by atoms with E-state index in [4.69, 9.17) is 0 Å². The molecule has 2 rings (SSSR count). The number of anilines is 1. The molecular formula is C15H21BrF3N3. The van der Waals surface area contributed by atoms with E-state index in [0.29, 0.717) is 19.0 Å². The molecule has 0 unspecified atom stereocenters. The summed E-state index contributed by atoms with van der Waals surface area (Å²) >= 11 is 3.41. The molecule has 0 amide bonds. The van der Waals surface area contributed by atoms with Crippen LogP contribution in [-0.2, 0) is 0 Å². The molecule has 0 radical (unpaired) electrons. The van der Waals surface area contributed by atoms with Crippen LogP contribution in [0, 0.1) is 12.8 Å². The molecule has 1 aliphatic heterocycles. The van der Waals surface area contributed by atoms with Gasteiger partial charge in [-0.25, -0.2) is 4.98 Å². The van der Waals surface area contributed by atoms with E-state index < -0.39 is 12.7 Å². The van der Waals surface area contributed by atoms with Crippen molar-refractivity contribution in [2.24, 2.45) is 5.92 Å². The van der Waals surface area contributed by atoms with Crippen LogP contribution in [0.5, 0.6) is 0 Å². The summed E-state index contributed by atoms with van der Waals surface area (Å²) in [6.07, 6.45) is 0.332. The van der Waals surface area contributed by atoms with Crippen molar-refractivity contribution >= 4 is 21.7 Å². The molecule has 22 heavy (non-hydrogen) atoms. The monoisotopic (exact) mass is 379 g/mol. The van der Waals surface area contributed by atoms with Crippen LogP contribution in [0.2, 0.25) is 0 Å². The fourth-order valence-corrected chi connectivity index (χ4v) is 2.94. The van der Waals surface area contributed by atoms with Gasteiger partial charge in [-0.1, -0.05) is 0 Å². The van der Waals surface area contributed by atoms with Gasteiger partial charge in [0.15, 0.2) is 0 Å². The lowest BCUT2D eigenvalue weighted by Gasteiger charge is -2.32. The highest BCUT2D eigenvalue weighted by molar-refractivity contribution is 9.10. The van der Waals surface area contributed by atoms with Crippen molar-refractivity contribution in [2.75, 3.05) is 31.5 Å². The Bertz CT molecular complexity index is 485. The Labute approximate surface area is 137 Å². The number of aryl methyl sites for hydroxylation is 1. The highest BCUT2D eigenvalue weighted by Gasteiger charge is 2.32. The number of halogens is 4. The maximum absolute atomic E-state index is 12.3. The molecule has 0 bridgehead atoms. The molecule has 124 valence electrons. The Kier molecular flexibility index (Phi) is 6.09. The second-order valence-corrected chi connectivity index (χ2v) is 6.72. The molecule has 0 aromatic carbocycles. The Balaban J connectivity index is 1.67. The average Bonchev–Trinajstić information content (AvgIpc) is 2.43. The predicted octanol–water partition coefficient (Wildman–Crippen LogP) is 4.23. The molecule has 0 spiro atoms. The van der Waals surface area contributed by atoms with Gasteiger partial charge in [0.1, 0.15) is 5.82 Å². The van der Waals surface area contributed by atoms with E-state index in [9.17, 15) is 13.2 Å². The Morgan fingerprint density at radius 2 is 2.05 bits per heavy atom. The first-order valence-electron chi connectivity index (χ1n) is 7.48. The van der Waals surface area contributed by atoms with Crippen LogP contribution in [0.3, 0.4) is 0 Å². The van der Waals surface area contributed by atoms with Crippen LogP contribution in [0.4, 0.5) is 19.0 Å². The lowest BCUT2D eigenvalue weighted by Crippen LogP contribution is -2.40. The summed E-state index contributed by atoms with van der Waals surface area (Å²) in [5.74, 6) is 1.34. The van der Waals surface area contributed by atoms with Crippen LogP contribution < -0.4 is 5.32 Å². The lowest BCUT2D eigenvalue weighted by molar-refractivity contribution is -0.148. The van der Waals surface area contributed by atoms with Crippen molar-refractivity contribution in [2.45, 2.75) is 32.4 Å². The normalized spacial score (nSPS) is 17.7. The molecule has 3 nitrogen and oxygen atoms in total. The minimum atomic E-state index is -4.08. The third-order valence-corrected chi connectivity index (χ3v) is 4.85. The van der Waals surface area contributed by atoms with E-state index >= 15 is 0 Å². The number of nitrogens with zero attached hydrogens (tertiary/aromatic N) is 2. The summed E-state index contributed by atoms with van der Waals surface area (Å²) in [4.78, 5) is 5.79. The highest BCUT2D eigenvalue weighted by atomic mass is 79.9. The van der Waals surface area contributed by atoms with Gasteiger partial charge >= 0.3 is 6.18 Å². The van der Waals surface area contributed by atoms with Crippen molar-refractivity contribution in [3.05, 3.63) is 22.3 Å². The number of likely N-dealkylation sites (tertiary alicyclic amines) is 1. The van der Waals surface area contributed by atoms with Gasteiger partial charge in [0, 0.05) is 17.2 Å². The number of pyridine rings is 1. The van der Waals surface area contributed by atoms with E-state index in [-0.39, 0.29) is 0 Å². The minimum absolute atomic E-state index is 0.494. The number of hydrogen-bond acceptors (Lipinski definition) is 3. The number of aromatic nitrogens is 1. The molecule has 1 aromatic rings. The van der Waals surface area contributed by atoms with Crippen LogP contribution in [0.25, 0.3) is 0 Å². The molecular weight excluding hydrogens is 359 g/mol. The largest absolute Gasteiger partial charge is 0.401 e. The van der Waals surface area contributed by atoms with Gasteiger partial charge in [-0.2, -0.15) is 13.2 Å². The predicted molar refractivity (Wildman–Crippen MR) is 85.0 cm³/mol. The first-order chi connectivity index (χ1) is 10.3. The summed E-state index contributed by atoms with van der Waals surface area (Å²) in [6.45, 7) is 3.12. The molecule has 1 saturated heterocycles. The van der Waals surface area contributed by atoms with Crippen molar-refractivity contribution in [3.8, 4) is 0 Å². The SMILES string of the molecule is Cc1cc(NCCC2CCN(CC(F)(F)F)CC2)ncc1Br. The van der Waals surface area contributed by atoms with Gasteiger partial charge in [-0.3, -0.25) is 4.90 Å². The molecule has 7 heteroatoms. The van der Waals surface area contributed by atoms with Crippen molar-refractivity contribution in [3.63, 3.8) is 0 Å². The fourth-order valence-electron chi connectivity index (χ4n) is 2.73. The third kappa shape index (κ3) is 5.76. The van der Waals surface area contributed by atoms with Gasteiger partial charge in [0.25, 0.3) is 0 Å². The summed E-state index contributed by atoms with van der Waals surface area (Å²) in [5, 5.41) is 3.28. The van der Waals surface area contributed by atoms with E-state index in [0.717, 1.165) is 41.7 Å². The van der Waals surface area contributed by atoms with Gasteiger partial charge in [-0.05, 0) is 72.8 Å². The van der Waals surface area contributed by atoms with Crippen molar-refractivity contribution in [1.29, 1.82) is 0 Å². The van der Waals surface area contributed by atoms with Gasteiger partial charge in [0.05, 0.1) is 6.54 Å². The van der Waals surface area contributed by atoms with E-state index in [1.807, 2.05) is 13.0 Å². The van der Waals surface area contributed by atoms with Crippen LogP contribution >= 0.6 is 15.9 Å². The van der Waals surface area contributed by atoms with E-state index in [1.54, 1.807) is 6.20 Å². The topological polar surface area (TPSA) is 28.2 Å². The summed E-state index contributed by atoms with van der Waals surface area (Å²) in [7, 11) is 0. The molecule has 0 aliphatic carbocycles. The Morgan fingerprint density at radius 3 is 2.64 bits per heavy atom. The average molecular weight is 380 g/mol. The molecule has 1 fully saturated rings. The maximum Gasteiger partial charge on any atom is 0.401 e. The van der Waals surface area contributed by atoms with Crippen LogP contribution in [-0.4, -0.2) is 42.2 Å². The Hall–Kier alpha value is -0.820. The number of rotatable bonds is 5. The zero-order valence-corrected chi connectivity index (χ0v) is 14.2. The van der Waals surface area contributed by atoms with Gasteiger partial charge in [-0.15, -0.1) is 0 Å². The summed E-state index contributed by atoms with van der Waals surface area (Å²) in [5.41, 5.74) is 1.12. The van der Waals surface area contributed by atoms with Gasteiger partial charge in [0.2, 0.25) is 0 Å².